The number of hydrogen-bond donors (Lipinski definition) is 0. The summed E-state index contributed by atoms with van der Waals surface area (Å²) >= 11 is 5.95. The van der Waals surface area contributed by atoms with Crippen molar-refractivity contribution in [3.8, 4) is 16.9 Å². The number of benzene rings is 2. The Hall–Kier alpha value is -4.42. The van der Waals surface area contributed by atoms with Gasteiger partial charge in [0.05, 0.1) is 10.9 Å². The number of halogens is 1. The van der Waals surface area contributed by atoms with Gasteiger partial charge in [-0.15, -0.1) is 0 Å². The largest absolute Gasteiger partial charge is 0.463 e. The van der Waals surface area contributed by atoms with Gasteiger partial charge >= 0.3 is 23.9 Å². The summed E-state index contributed by atoms with van der Waals surface area (Å²) in [6, 6.07) is 11.1. The van der Waals surface area contributed by atoms with Crippen LogP contribution in [0.4, 0.5) is 0 Å². The van der Waals surface area contributed by atoms with E-state index in [1.807, 2.05) is 0 Å². The summed E-state index contributed by atoms with van der Waals surface area (Å²) in [5.41, 5.74) is 0.832. The third-order valence-corrected chi connectivity index (χ3v) is 6.35. The third-order valence-electron chi connectivity index (χ3n) is 6.10. The molecule has 4 rings (SSSR count). The lowest BCUT2D eigenvalue weighted by molar-refractivity contribution is -0.288. The fourth-order valence-electron chi connectivity index (χ4n) is 4.43. The molecular weight excluding hydrogens is 576 g/mol. The Morgan fingerprint density at radius 1 is 0.810 bits per heavy atom. The summed E-state index contributed by atoms with van der Waals surface area (Å²) in [6.45, 7) is 4.13. The number of fused-ring (bicyclic) bond motifs is 1. The van der Waals surface area contributed by atoms with Crippen molar-refractivity contribution in [1.29, 1.82) is 0 Å². The first-order valence-corrected chi connectivity index (χ1v) is 13.1. The highest BCUT2D eigenvalue weighted by atomic mass is 35.5. The van der Waals surface area contributed by atoms with Gasteiger partial charge in [0.25, 0.3) is 0 Å². The molecule has 0 aliphatic carbocycles. The van der Waals surface area contributed by atoms with Gasteiger partial charge in [-0.3, -0.25) is 24.0 Å². The van der Waals surface area contributed by atoms with E-state index in [1.165, 1.54) is 31.4 Å². The fraction of sp³-hybridized carbons (Fsp3) is 0.345. The van der Waals surface area contributed by atoms with Crippen LogP contribution in [0.25, 0.3) is 22.1 Å². The molecule has 1 aromatic heterocycles. The molecule has 0 saturated carbocycles. The van der Waals surface area contributed by atoms with Crippen molar-refractivity contribution in [3.05, 3.63) is 64.0 Å². The molecule has 222 valence electrons. The summed E-state index contributed by atoms with van der Waals surface area (Å²) in [6.07, 6.45) is -5.45. The highest BCUT2D eigenvalue weighted by Gasteiger charge is 2.53. The van der Waals surface area contributed by atoms with E-state index in [1.54, 1.807) is 24.3 Å². The summed E-state index contributed by atoms with van der Waals surface area (Å²) in [5.74, 6) is -2.81. The first-order valence-electron chi connectivity index (χ1n) is 12.7. The molecule has 1 aliphatic rings. The average Bonchev–Trinajstić information content (AvgIpc) is 2.91. The SMILES string of the molecule is CC(=O)OC[C@@H]1O[C@H](Oc2ccc3c(=O)c(-c4ccc(Cl)cc4)coc3c2)[C@@H](OC(C)=O)[C@@H](OC(C)=O)[C@@H]1OC(C)=O. The van der Waals surface area contributed by atoms with Crippen LogP contribution in [0.5, 0.6) is 5.75 Å². The van der Waals surface area contributed by atoms with Crippen LogP contribution >= 0.6 is 11.6 Å². The van der Waals surface area contributed by atoms with Gasteiger partial charge in [-0.2, -0.15) is 0 Å². The van der Waals surface area contributed by atoms with Crippen molar-refractivity contribution in [2.24, 2.45) is 0 Å². The van der Waals surface area contributed by atoms with Crippen LogP contribution in [0, 0.1) is 0 Å². The lowest BCUT2D eigenvalue weighted by atomic mass is 9.98. The maximum Gasteiger partial charge on any atom is 0.303 e. The van der Waals surface area contributed by atoms with Crippen LogP contribution in [0.3, 0.4) is 0 Å². The molecule has 5 atom stereocenters. The van der Waals surface area contributed by atoms with E-state index in [-0.39, 0.29) is 22.1 Å². The summed E-state index contributed by atoms with van der Waals surface area (Å²) < 4.78 is 38.9. The molecule has 0 amide bonds. The Morgan fingerprint density at radius 3 is 2.05 bits per heavy atom. The van der Waals surface area contributed by atoms with E-state index in [0.717, 1.165) is 20.8 Å². The second-order valence-electron chi connectivity index (χ2n) is 9.33. The molecule has 0 bridgehead atoms. The zero-order valence-electron chi connectivity index (χ0n) is 23.0. The van der Waals surface area contributed by atoms with E-state index in [2.05, 4.69) is 0 Å². The lowest BCUT2D eigenvalue weighted by Gasteiger charge is -2.43. The molecule has 2 heterocycles. The zero-order valence-corrected chi connectivity index (χ0v) is 23.7. The van der Waals surface area contributed by atoms with Crippen molar-refractivity contribution in [2.45, 2.75) is 58.4 Å². The van der Waals surface area contributed by atoms with E-state index in [4.69, 9.17) is 44.4 Å². The molecule has 1 aliphatic heterocycles. The molecule has 0 spiro atoms. The number of carbonyl (C=O) groups excluding carboxylic acids is 4. The van der Waals surface area contributed by atoms with Crippen LogP contribution < -0.4 is 10.2 Å². The molecule has 13 heteroatoms. The highest BCUT2D eigenvalue weighted by Crippen LogP contribution is 2.32. The van der Waals surface area contributed by atoms with Crippen LogP contribution in [0.1, 0.15) is 27.7 Å². The topological polar surface area (TPSA) is 154 Å². The maximum absolute atomic E-state index is 13.2. The minimum atomic E-state index is -1.44. The molecule has 42 heavy (non-hydrogen) atoms. The minimum absolute atomic E-state index is 0.130. The van der Waals surface area contributed by atoms with Crippen molar-refractivity contribution in [1.82, 2.24) is 0 Å². The van der Waals surface area contributed by atoms with Crippen LogP contribution in [0.15, 0.2) is 57.9 Å². The molecule has 0 unspecified atom stereocenters. The maximum atomic E-state index is 13.2. The predicted octanol–water partition coefficient (Wildman–Crippen LogP) is 3.58. The molecule has 0 radical (unpaired) electrons. The van der Waals surface area contributed by atoms with Crippen molar-refractivity contribution in [3.63, 3.8) is 0 Å². The molecule has 3 aromatic rings. The number of esters is 4. The summed E-state index contributed by atoms with van der Waals surface area (Å²) in [7, 11) is 0. The van der Waals surface area contributed by atoms with E-state index in [0.29, 0.717) is 16.1 Å². The van der Waals surface area contributed by atoms with E-state index >= 15 is 0 Å². The van der Waals surface area contributed by atoms with Crippen molar-refractivity contribution < 1.29 is 52.0 Å². The van der Waals surface area contributed by atoms with Crippen LogP contribution in [0.2, 0.25) is 5.02 Å². The minimum Gasteiger partial charge on any atom is -0.463 e. The number of hydrogen-bond acceptors (Lipinski definition) is 12. The Labute approximate surface area is 244 Å². The molecule has 1 saturated heterocycles. The van der Waals surface area contributed by atoms with E-state index < -0.39 is 61.2 Å². The second kappa shape index (κ2) is 13.0. The van der Waals surface area contributed by atoms with Gasteiger partial charge in [-0.05, 0) is 29.8 Å². The highest BCUT2D eigenvalue weighted by molar-refractivity contribution is 6.30. The van der Waals surface area contributed by atoms with E-state index in [9.17, 15) is 24.0 Å². The monoisotopic (exact) mass is 602 g/mol. The first-order chi connectivity index (χ1) is 19.9. The quantitative estimate of drug-likeness (QED) is 0.273. The Bertz CT molecular complexity index is 1550. The third kappa shape index (κ3) is 7.25. The Kier molecular flexibility index (Phi) is 9.48. The van der Waals surface area contributed by atoms with Gasteiger partial charge in [0.15, 0.2) is 17.6 Å². The fourth-order valence-corrected chi connectivity index (χ4v) is 4.55. The van der Waals surface area contributed by atoms with Gasteiger partial charge in [0, 0.05) is 38.8 Å². The smallest absolute Gasteiger partial charge is 0.303 e. The second-order valence-corrected chi connectivity index (χ2v) is 9.77. The molecule has 0 N–H and O–H groups in total. The number of ether oxygens (including phenoxy) is 6. The van der Waals surface area contributed by atoms with Crippen LogP contribution in [-0.4, -0.2) is 61.2 Å². The molecule has 2 aromatic carbocycles. The summed E-state index contributed by atoms with van der Waals surface area (Å²) in [4.78, 5) is 60.7. The average molecular weight is 603 g/mol. The number of rotatable bonds is 8. The van der Waals surface area contributed by atoms with Gasteiger partial charge < -0.3 is 32.8 Å². The van der Waals surface area contributed by atoms with Gasteiger partial charge in [-0.1, -0.05) is 23.7 Å². The molecule has 1 fully saturated rings. The van der Waals surface area contributed by atoms with Crippen LogP contribution in [-0.2, 0) is 42.9 Å². The van der Waals surface area contributed by atoms with Gasteiger partial charge in [0.1, 0.15) is 30.3 Å². The number of carbonyl (C=O) groups is 4. The Balaban J connectivity index is 1.70. The lowest BCUT2D eigenvalue weighted by Crippen LogP contribution is -2.63. The van der Waals surface area contributed by atoms with Gasteiger partial charge in [-0.25, -0.2) is 0 Å². The van der Waals surface area contributed by atoms with Crippen molar-refractivity contribution in [2.75, 3.05) is 6.61 Å². The predicted molar refractivity (Wildman–Crippen MR) is 146 cm³/mol. The van der Waals surface area contributed by atoms with Crippen molar-refractivity contribution >= 4 is 46.4 Å². The first kappa shape index (κ1) is 30.5. The molecular formula is C29H27ClO12. The summed E-state index contributed by atoms with van der Waals surface area (Å²) in [5, 5.41) is 0.782. The normalized spacial score (nSPS) is 21.7. The zero-order chi connectivity index (χ0) is 30.6. The standard InChI is InChI=1S/C29H27ClO12/c1-14(31)36-13-24-26(38-15(2)32)27(39-16(3)33)28(40-17(4)34)29(42-24)41-20-9-10-21-23(11-20)37-12-22(25(21)35)18-5-7-19(30)8-6-18/h5-12,24,26-29H,13H2,1-4H3/t24-,26+,27-,28-,29-/m0/s1. The Morgan fingerprint density at radius 2 is 1.43 bits per heavy atom. The molecule has 12 nitrogen and oxygen atoms in total. The van der Waals surface area contributed by atoms with Gasteiger partial charge in [0.2, 0.25) is 12.4 Å².